The number of nitrogens with two attached hydrogens (primary N) is 1. The van der Waals surface area contributed by atoms with Crippen molar-refractivity contribution >= 4 is 5.97 Å². The van der Waals surface area contributed by atoms with Crippen LogP contribution in [0.2, 0.25) is 0 Å². The molecule has 3 rings (SSSR count). The lowest BCUT2D eigenvalue weighted by Crippen LogP contribution is -2.17. The van der Waals surface area contributed by atoms with Crippen molar-refractivity contribution in [2.75, 3.05) is 13.2 Å². The molecule has 0 aromatic heterocycles. The van der Waals surface area contributed by atoms with Gasteiger partial charge in [0.1, 0.15) is 12.4 Å². The van der Waals surface area contributed by atoms with E-state index in [4.69, 9.17) is 20.3 Å². The van der Waals surface area contributed by atoms with E-state index in [2.05, 4.69) is 24.3 Å². The summed E-state index contributed by atoms with van der Waals surface area (Å²) < 4.78 is 11.4. The van der Waals surface area contributed by atoms with E-state index >= 15 is 0 Å². The summed E-state index contributed by atoms with van der Waals surface area (Å²) >= 11 is 0. The molecule has 0 fully saturated rings. The van der Waals surface area contributed by atoms with Crippen molar-refractivity contribution in [3.05, 3.63) is 89.5 Å². The summed E-state index contributed by atoms with van der Waals surface area (Å²) in [5.74, 6) is -0.287. The second-order valence-electron chi connectivity index (χ2n) is 7.06. The average Bonchev–Trinajstić information content (AvgIpc) is 2.77. The minimum absolute atomic E-state index is 0.0645. The Morgan fingerprint density at radius 2 is 1.73 bits per heavy atom. The highest BCUT2D eigenvalue weighted by Crippen LogP contribution is 2.25. The van der Waals surface area contributed by atoms with Crippen LogP contribution < -0.4 is 10.5 Å². The number of benzene rings is 3. The minimum atomic E-state index is -0.879. The van der Waals surface area contributed by atoms with Gasteiger partial charge in [-0.15, -0.1) is 0 Å². The van der Waals surface area contributed by atoms with E-state index in [1.807, 2.05) is 43.3 Å². The molecule has 3 N–H and O–H groups in total. The van der Waals surface area contributed by atoms with Crippen LogP contribution in [0.15, 0.2) is 72.8 Å². The van der Waals surface area contributed by atoms with E-state index in [0.717, 1.165) is 22.3 Å². The first-order valence-electron chi connectivity index (χ1n) is 10.0. The molecular formula is C25H27NO4. The molecule has 0 aliphatic rings. The highest BCUT2D eigenvalue weighted by Gasteiger charge is 2.10. The summed E-state index contributed by atoms with van der Waals surface area (Å²) in [6.07, 6.45) is -0.0645. The third-order valence-electron chi connectivity index (χ3n) is 4.79. The number of hydrogen-bond donors (Lipinski definition) is 2. The molecule has 0 spiro atoms. The monoisotopic (exact) mass is 405 g/mol. The van der Waals surface area contributed by atoms with Gasteiger partial charge in [0, 0.05) is 12.2 Å². The topological polar surface area (TPSA) is 81.8 Å². The van der Waals surface area contributed by atoms with E-state index in [0.29, 0.717) is 31.1 Å². The Kier molecular flexibility index (Phi) is 7.60. The fourth-order valence-corrected chi connectivity index (χ4v) is 3.25. The summed E-state index contributed by atoms with van der Waals surface area (Å²) in [4.78, 5) is 11.1. The van der Waals surface area contributed by atoms with Crippen LogP contribution in [0.5, 0.6) is 5.75 Å². The maximum Gasteiger partial charge on any atom is 0.307 e. The SMILES string of the molecule is CCOCC(N)c1cccc(-c2cccc(COc3ccccc3CC(=O)O)c2)c1. The summed E-state index contributed by atoms with van der Waals surface area (Å²) in [6, 6.07) is 23.3. The van der Waals surface area contributed by atoms with Crippen LogP contribution in [-0.2, 0) is 22.6 Å². The van der Waals surface area contributed by atoms with Gasteiger partial charge in [-0.05, 0) is 47.4 Å². The molecule has 5 nitrogen and oxygen atoms in total. The van der Waals surface area contributed by atoms with Crippen molar-refractivity contribution in [2.24, 2.45) is 5.73 Å². The highest BCUT2D eigenvalue weighted by molar-refractivity contribution is 5.71. The van der Waals surface area contributed by atoms with Gasteiger partial charge in [-0.2, -0.15) is 0 Å². The molecule has 0 heterocycles. The Bertz CT molecular complexity index is 986. The van der Waals surface area contributed by atoms with Crippen LogP contribution >= 0.6 is 0 Å². The Labute approximate surface area is 177 Å². The lowest BCUT2D eigenvalue weighted by molar-refractivity contribution is -0.136. The van der Waals surface area contributed by atoms with Crippen molar-refractivity contribution < 1.29 is 19.4 Å². The first-order chi connectivity index (χ1) is 14.6. The summed E-state index contributed by atoms with van der Waals surface area (Å²) in [5.41, 5.74) is 11.1. The first-order valence-corrected chi connectivity index (χ1v) is 10.0. The smallest absolute Gasteiger partial charge is 0.307 e. The third-order valence-corrected chi connectivity index (χ3v) is 4.79. The predicted octanol–water partition coefficient (Wildman–Crippen LogP) is 4.60. The van der Waals surface area contributed by atoms with E-state index in [-0.39, 0.29) is 12.5 Å². The van der Waals surface area contributed by atoms with E-state index < -0.39 is 5.97 Å². The summed E-state index contributed by atoms with van der Waals surface area (Å²) in [6.45, 7) is 3.44. The van der Waals surface area contributed by atoms with Gasteiger partial charge in [0.2, 0.25) is 0 Å². The molecule has 0 saturated carbocycles. The molecule has 0 bridgehead atoms. The maximum absolute atomic E-state index is 11.1. The Hall–Kier alpha value is -3.15. The van der Waals surface area contributed by atoms with Gasteiger partial charge in [-0.3, -0.25) is 4.79 Å². The maximum atomic E-state index is 11.1. The summed E-state index contributed by atoms with van der Waals surface area (Å²) in [7, 11) is 0. The average molecular weight is 405 g/mol. The van der Waals surface area contributed by atoms with Gasteiger partial charge < -0.3 is 20.3 Å². The highest BCUT2D eigenvalue weighted by atomic mass is 16.5. The molecule has 5 heteroatoms. The Morgan fingerprint density at radius 1 is 1.00 bits per heavy atom. The predicted molar refractivity (Wildman–Crippen MR) is 117 cm³/mol. The largest absolute Gasteiger partial charge is 0.489 e. The number of hydrogen-bond acceptors (Lipinski definition) is 4. The number of para-hydroxylation sites is 1. The van der Waals surface area contributed by atoms with Crippen molar-refractivity contribution in [1.29, 1.82) is 0 Å². The molecule has 0 aliphatic carbocycles. The number of aliphatic carboxylic acids is 1. The van der Waals surface area contributed by atoms with Gasteiger partial charge in [-0.25, -0.2) is 0 Å². The lowest BCUT2D eigenvalue weighted by atomic mass is 9.99. The molecule has 156 valence electrons. The van der Waals surface area contributed by atoms with Crippen LogP contribution in [0.3, 0.4) is 0 Å². The third kappa shape index (κ3) is 5.92. The van der Waals surface area contributed by atoms with Gasteiger partial charge in [0.05, 0.1) is 19.1 Å². The van der Waals surface area contributed by atoms with Crippen molar-refractivity contribution in [1.82, 2.24) is 0 Å². The van der Waals surface area contributed by atoms with Crippen molar-refractivity contribution in [3.8, 4) is 16.9 Å². The zero-order chi connectivity index (χ0) is 21.3. The van der Waals surface area contributed by atoms with Crippen molar-refractivity contribution in [3.63, 3.8) is 0 Å². The van der Waals surface area contributed by atoms with Gasteiger partial charge >= 0.3 is 5.97 Å². The molecule has 0 amide bonds. The molecule has 3 aromatic carbocycles. The molecule has 3 aromatic rings. The van der Waals surface area contributed by atoms with Crippen LogP contribution in [0.25, 0.3) is 11.1 Å². The quantitative estimate of drug-likeness (QED) is 0.515. The molecule has 0 aliphatic heterocycles. The van der Waals surface area contributed by atoms with E-state index in [9.17, 15) is 4.79 Å². The summed E-state index contributed by atoms with van der Waals surface area (Å²) in [5, 5.41) is 9.08. The van der Waals surface area contributed by atoms with Gasteiger partial charge in [0.25, 0.3) is 0 Å². The van der Waals surface area contributed by atoms with Gasteiger partial charge in [-0.1, -0.05) is 54.6 Å². The minimum Gasteiger partial charge on any atom is -0.489 e. The molecule has 1 atom stereocenters. The first kappa shape index (κ1) is 21.6. The zero-order valence-electron chi connectivity index (χ0n) is 17.1. The molecule has 1 unspecified atom stereocenters. The normalized spacial score (nSPS) is 11.8. The lowest BCUT2D eigenvalue weighted by Gasteiger charge is -2.14. The number of rotatable bonds is 10. The second-order valence-corrected chi connectivity index (χ2v) is 7.06. The van der Waals surface area contributed by atoms with E-state index in [1.165, 1.54) is 0 Å². The molecule has 30 heavy (non-hydrogen) atoms. The molecular weight excluding hydrogens is 378 g/mol. The van der Waals surface area contributed by atoms with Gasteiger partial charge in [0.15, 0.2) is 0 Å². The second kappa shape index (κ2) is 10.6. The Balaban J connectivity index is 1.74. The van der Waals surface area contributed by atoms with Crippen LogP contribution in [0, 0.1) is 0 Å². The fourth-order valence-electron chi connectivity index (χ4n) is 3.25. The van der Waals surface area contributed by atoms with Crippen LogP contribution in [0.4, 0.5) is 0 Å². The molecule has 0 radical (unpaired) electrons. The number of carbonyl (C=O) groups is 1. The standard InChI is InChI=1S/C25H27NO4/c1-2-29-17-23(26)21-11-6-10-20(14-21)19-9-5-7-18(13-19)16-30-24-12-4-3-8-22(24)15-25(27)28/h3-14,23H,2,15-17,26H2,1H3,(H,27,28). The Morgan fingerprint density at radius 3 is 2.50 bits per heavy atom. The van der Waals surface area contributed by atoms with Crippen LogP contribution in [-0.4, -0.2) is 24.3 Å². The van der Waals surface area contributed by atoms with Crippen molar-refractivity contribution in [2.45, 2.75) is 26.0 Å². The number of carboxylic acids is 1. The number of carboxylic acid groups (broad SMARTS) is 1. The number of ether oxygens (including phenoxy) is 2. The molecule has 0 saturated heterocycles. The fraction of sp³-hybridized carbons (Fsp3) is 0.240. The van der Waals surface area contributed by atoms with Crippen LogP contribution in [0.1, 0.15) is 29.7 Å². The zero-order valence-corrected chi connectivity index (χ0v) is 17.1. The van der Waals surface area contributed by atoms with E-state index in [1.54, 1.807) is 12.1 Å².